The van der Waals surface area contributed by atoms with Crippen molar-refractivity contribution in [3.8, 4) is 0 Å². The van der Waals surface area contributed by atoms with E-state index in [1.54, 1.807) is 0 Å². The number of hydrogen-bond donors (Lipinski definition) is 4. The standard InChI is InChI=1S/C16H23NO6.C16H25NO4.C16H22O3/c1-22-16(19)10-9-14(17(20)21)15(18)8-5-11-23-12-13-6-3-2-4-7-13;1-20-16(19)10-9-14(17)15(18)8-5-11-21-12-13-6-3-2-4-7-13;17-15-9-8-14(11-15)16(18)7-4-10-19-12-13-5-2-1-3-6-13/h2-4,6-7,14-15,18H,5,8-12H2,1H3;2-4,6-7,14-15,18H,5,8-12,17H2,1H3;1-3,5-6,14,16,18H,4,7-12H2. The first kappa shape index (κ1) is 54.5. The molecule has 3 aromatic rings. The van der Waals surface area contributed by atoms with Crippen LogP contribution < -0.4 is 5.73 Å². The quantitative estimate of drug-likeness (QED) is 0.0273. The van der Waals surface area contributed by atoms with E-state index in [1.165, 1.54) is 19.8 Å². The van der Waals surface area contributed by atoms with Crippen LogP contribution in [0.1, 0.15) is 100 Å². The number of nitro groups is 1. The number of esters is 2. The Balaban J connectivity index is 0.000000326. The lowest BCUT2D eigenvalue weighted by molar-refractivity contribution is -0.535. The third kappa shape index (κ3) is 25.9. The molecule has 63 heavy (non-hydrogen) atoms. The summed E-state index contributed by atoms with van der Waals surface area (Å²) in [4.78, 5) is 43.6. The molecule has 0 heterocycles. The van der Waals surface area contributed by atoms with E-state index >= 15 is 0 Å². The van der Waals surface area contributed by atoms with Gasteiger partial charge in [-0.05, 0) is 74.0 Å². The van der Waals surface area contributed by atoms with Gasteiger partial charge in [0.05, 0.1) is 52.7 Å². The van der Waals surface area contributed by atoms with Crippen molar-refractivity contribution >= 4 is 17.7 Å². The van der Waals surface area contributed by atoms with E-state index in [9.17, 15) is 39.8 Å². The molecule has 5 N–H and O–H groups in total. The fraction of sp³-hybridized carbons (Fsp3) is 0.562. The molecular weight excluding hydrogens is 813 g/mol. The Hall–Kier alpha value is -4.61. The van der Waals surface area contributed by atoms with E-state index in [2.05, 4.69) is 9.47 Å². The fourth-order valence-corrected chi connectivity index (χ4v) is 6.67. The molecule has 350 valence electrons. The van der Waals surface area contributed by atoms with Gasteiger partial charge in [0.15, 0.2) is 0 Å². The van der Waals surface area contributed by atoms with Gasteiger partial charge in [0.25, 0.3) is 0 Å². The zero-order valence-corrected chi connectivity index (χ0v) is 37.0. The molecule has 0 aliphatic heterocycles. The average molecular weight is 883 g/mol. The number of ketones is 1. The zero-order valence-electron chi connectivity index (χ0n) is 37.0. The van der Waals surface area contributed by atoms with Crippen molar-refractivity contribution in [1.29, 1.82) is 0 Å². The van der Waals surface area contributed by atoms with Gasteiger partial charge < -0.3 is 44.7 Å². The van der Waals surface area contributed by atoms with Crippen LogP contribution in [-0.4, -0.2) is 102 Å². The maximum Gasteiger partial charge on any atom is 0.305 e. The molecule has 6 unspecified atom stereocenters. The molecule has 0 bridgehead atoms. The number of aliphatic hydroxyl groups excluding tert-OH is 3. The number of ether oxygens (including phenoxy) is 5. The molecule has 0 aromatic heterocycles. The predicted molar refractivity (Wildman–Crippen MR) is 238 cm³/mol. The van der Waals surface area contributed by atoms with Crippen molar-refractivity contribution in [3.63, 3.8) is 0 Å². The van der Waals surface area contributed by atoms with E-state index in [0.717, 1.165) is 36.8 Å². The second-order valence-corrected chi connectivity index (χ2v) is 15.5. The van der Waals surface area contributed by atoms with Gasteiger partial charge in [-0.2, -0.15) is 0 Å². The lowest BCUT2D eigenvalue weighted by atomic mass is 9.97. The predicted octanol–water partition coefficient (Wildman–Crippen LogP) is 6.28. The Labute approximate surface area is 372 Å². The summed E-state index contributed by atoms with van der Waals surface area (Å²) in [5, 5.41) is 40.8. The Morgan fingerprint density at radius 3 is 1.48 bits per heavy atom. The van der Waals surface area contributed by atoms with Crippen molar-refractivity contribution in [1.82, 2.24) is 0 Å². The van der Waals surface area contributed by atoms with Gasteiger partial charge >= 0.3 is 11.9 Å². The highest BCUT2D eigenvalue weighted by Crippen LogP contribution is 2.27. The van der Waals surface area contributed by atoms with Gasteiger partial charge in [0.2, 0.25) is 6.04 Å². The van der Waals surface area contributed by atoms with E-state index in [4.69, 9.17) is 19.9 Å². The highest BCUT2D eigenvalue weighted by Gasteiger charge is 2.30. The van der Waals surface area contributed by atoms with Crippen LogP contribution in [0.5, 0.6) is 0 Å². The molecular formula is C48H70N2O13. The summed E-state index contributed by atoms with van der Waals surface area (Å²) in [6, 6.07) is 28.1. The minimum atomic E-state index is -1.16. The van der Waals surface area contributed by atoms with E-state index in [0.29, 0.717) is 77.5 Å². The maximum atomic E-state index is 11.2. The highest BCUT2D eigenvalue weighted by atomic mass is 16.6. The minimum Gasteiger partial charge on any atom is -0.469 e. The summed E-state index contributed by atoms with van der Waals surface area (Å²) in [7, 11) is 2.57. The summed E-state index contributed by atoms with van der Waals surface area (Å²) < 4.78 is 25.6. The van der Waals surface area contributed by atoms with Crippen molar-refractivity contribution < 1.29 is 58.3 Å². The largest absolute Gasteiger partial charge is 0.469 e. The summed E-state index contributed by atoms with van der Waals surface area (Å²) in [6.07, 6.45) is 4.19. The number of rotatable bonds is 28. The highest BCUT2D eigenvalue weighted by molar-refractivity contribution is 5.80. The van der Waals surface area contributed by atoms with Crippen LogP contribution in [0.4, 0.5) is 0 Å². The SMILES string of the molecule is COC(=O)CCC(C(O)CCCOCc1ccccc1)[N+](=O)[O-].COC(=O)CCC(N)C(O)CCCOCc1ccccc1.O=C1CCC(C(O)CCCOCc2ccccc2)C1. The number of methoxy groups -OCH3 is 2. The van der Waals surface area contributed by atoms with Gasteiger partial charge in [0, 0.05) is 56.5 Å². The molecule has 6 atom stereocenters. The van der Waals surface area contributed by atoms with E-state index in [-0.39, 0.29) is 43.7 Å². The van der Waals surface area contributed by atoms with Gasteiger partial charge in [-0.3, -0.25) is 24.5 Å². The number of hydrogen-bond acceptors (Lipinski definition) is 14. The molecule has 1 fully saturated rings. The van der Waals surface area contributed by atoms with Crippen LogP contribution >= 0.6 is 0 Å². The van der Waals surface area contributed by atoms with Crippen molar-refractivity contribution in [3.05, 3.63) is 118 Å². The van der Waals surface area contributed by atoms with Crippen LogP contribution in [0.15, 0.2) is 91.0 Å². The average Bonchev–Trinajstić information content (AvgIpc) is 3.75. The third-order valence-corrected chi connectivity index (χ3v) is 10.5. The molecule has 4 rings (SSSR count). The van der Waals surface area contributed by atoms with E-state index in [1.807, 2.05) is 91.0 Å². The minimum absolute atomic E-state index is 0.0360. The topological polar surface area (TPSA) is 227 Å². The molecule has 1 aliphatic rings. The molecule has 0 radical (unpaired) electrons. The Bertz CT molecular complexity index is 1650. The first-order valence-corrected chi connectivity index (χ1v) is 21.9. The number of aliphatic hydroxyl groups is 3. The fourth-order valence-electron chi connectivity index (χ4n) is 6.67. The summed E-state index contributed by atoms with van der Waals surface area (Å²) in [5.41, 5.74) is 9.18. The van der Waals surface area contributed by atoms with Gasteiger partial charge in [-0.15, -0.1) is 0 Å². The molecule has 1 saturated carbocycles. The second-order valence-electron chi connectivity index (χ2n) is 15.5. The molecule has 0 spiro atoms. The molecule has 0 saturated heterocycles. The number of carbonyl (C=O) groups excluding carboxylic acids is 3. The molecule has 15 heteroatoms. The van der Waals surface area contributed by atoms with Crippen molar-refractivity contribution in [2.45, 2.75) is 134 Å². The number of Topliss-reactive ketones (excluding diaryl/α,β-unsaturated/α-hetero) is 1. The lowest BCUT2D eigenvalue weighted by Gasteiger charge is -2.18. The van der Waals surface area contributed by atoms with Crippen LogP contribution in [0.2, 0.25) is 0 Å². The van der Waals surface area contributed by atoms with Crippen LogP contribution in [0.25, 0.3) is 0 Å². The summed E-state index contributed by atoms with van der Waals surface area (Å²) in [6.45, 7) is 3.32. The van der Waals surface area contributed by atoms with Gasteiger partial charge in [0.1, 0.15) is 11.9 Å². The lowest BCUT2D eigenvalue weighted by Crippen LogP contribution is -2.35. The van der Waals surface area contributed by atoms with Gasteiger partial charge in [-0.25, -0.2) is 0 Å². The maximum absolute atomic E-state index is 11.2. The number of nitrogens with zero attached hydrogens (tertiary/aromatic N) is 1. The first-order valence-electron chi connectivity index (χ1n) is 21.9. The number of benzene rings is 3. The normalized spacial score (nSPS) is 15.7. The van der Waals surface area contributed by atoms with Crippen LogP contribution in [-0.2, 0) is 57.9 Å². The molecule has 3 aromatic carbocycles. The van der Waals surface area contributed by atoms with Gasteiger partial charge in [-0.1, -0.05) is 91.0 Å². The summed E-state index contributed by atoms with van der Waals surface area (Å²) in [5.74, 6) is -0.343. The summed E-state index contributed by atoms with van der Waals surface area (Å²) >= 11 is 0. The number of nitrogens with two attached hydrogens (primary N) is 1. The molecule has 0 amide bonds. The zero-order chi connectivity index (χ0) is 46.1. The Morgan fingerprint density at radius 2 is 1.08 bits per heavy atom. The Kier molecular flexibility index (Phi) is 29.3. The second kappa shape index (κ2) is 33.9. The van der Waals surface area contributed by atoms with Crippen molar-refractivity contribution in [2.24, 2.45) is 11.7 Å². The molecule has 1 aliphatic carbocycles. The third-order valence-electron chi connectivity index (χ3n) is 10.5. The van der Waals surface area contributed by atoms with Crippen LogP contribution in [0.3, 0.4) is 0 Å². The van der Waals surface area contributed by atoms with E-state index < -0.39 is 35.2 Å². The monoisotopic (exact) mass is 882 g/mol. The first-order chi connectivity index (χ1) is 30.4. The van der Waals surface area contributed by atoms with Crippen LogP contribution in [0, 0.1) is 16.0 Å². The number of carbonyl (C=O) groups is 3. The molecule has 15 nitrogen and oxygen atoms in total. The van der Waals surface area contributed by atoms with Crippen molar-refractivity contribution in [2.75, 3.05) is 34.0 Å². The Morgan fingerprint density at radius 1 is 0.667 bits per heavy atom. The smallest absolute Gasteiger partial charge is 0.305 e.